The standard InChI is InChI=1S/C13H14ClN3/c1-9(11-4-3-7-15-8-11)16-12-5-6-13(14)17-10(12)2/h3-9,16H,1-2H3. The highest BCUT2D eigenvalue weighted by Gasteiger charge is 2.07. The van der Waals surface area contributed by atoms with E-state index in [4.69, 9.17) is 11.6 Å². The van der Waals surface area contributed by atoms with Crippen molar-refractivity contribution in [3.05, 3.63) is 53.1 Å². The van der Waals surface area contributed by atoms with E-state index < -0.39 is 0 Å². The van der Waals surface area contributed by atoms with E-state index >= 15 is 0 Å². The first-order valence-electron chi connectivity index (χ1n) is 5.46. The maximum absolute atomic E-state index is 5.82. The van der Waals surface area contributed by atoms with Crippen LogP contribution in [-0.4, -0.2) is 9.97 Å². The number of rotatable bonds is 3. The predicted octanol–water partition coefficient (Wildman–Crippen LogP) is 3.61. The van der Waals surface area contributed by atoms with Crippen LogP contribution in [0, 0.1) is 6.92 Å². The number of aromatic nitrogens is 2. The van der Waals surface area contributed by atoms with Crippen molar-refractivity contribution in [2.24, 2.45) is 0 Å². The molecule has 2 heterocycles. The summed E-state index contributed by atoms with van der Waals surface area (Å²) < 4.78 is 0. The van der Waals surface area contributed by atoms with Crippen molar-refractivity contribution in [3.63, 3.8) is 0 Å². The highest BCUT2D eigenvalue weighted by Crippen LogP contribution is 2.21. The van der Waals surface area contributed by atoms with E-state index in [9.17, 15) is 0 Å². The average Bonchev–Trinajstić information content (AvgIpc) is 2.34. The minimum atomic E-state index is 0.186. The van der Waals surface area contributed by atoms with Gasteiger partial charge < -0.3 is 5.32 Å². The van der Waals surface area contributed by atoms with Crippen molar-refractivity contribution in [1.29, 1.82) is 0 Å². The van der Waals surface area contributed by atoms with Crippen LogP contribution >= 0.6 is 11.6 Å². The Hall–Kier alpha value is -1.61. The maximum Gasteiger partial charge on any atom is 0.129 e. The lowest BCUT2D eigenvalue weighted by Gasteiger charge is -2.16. The molecule has 0 aromatic carbocycles. The Morgan fingerprint density at radius 3 is 2.76 bits per heavy atom. The van der Waals surface area contributed by atoms with Crippen LogP contribution in [0.4, 0.5) is 5.69 Å². The SMILES string of the molecule is Cc1nc(Cl)ccc1NC(C)c1cccnc1. The fourth-order valence-electron chi connectivity index (χ4n) is 1.63. The average molecular weight is 248 g/mol. The largest absolute Gasteiger partial charge is 0.377 e. The third-order valence-corrected chi connectivity index (χ3v) is 2.82. The van der Waals surface area contributed by atoms with Gasteiger partial charge in [0.05, 0.1) is 17.4 Å². The van der Waals surface area contributed by atoms with Gasteiger partial charge in [-0.3, -0.25) is 4.98 Å². The van der Waals surface area contributed by atoms with Crippen molar-refractivity contribution in [3.8, 4) is 0 Å². The van der Waals surface area contributed by atoms with E-state index in [0.717, 1.165) is 16.9 Å². The van der Waals surface area contributed by atoms with Crippen molar-refractivity contribution >= 4 is 17.3 Å². The van der Waals surface area contributed by atoms with Crippen molar-refractivity contribution in [2.45, 2.75) is 19.9 Å². The van der Waals surface area contributed by atoms with E-state index in [-0.39, 0.29) is 6.04 Å². The Kier molecular flexibility index (Phi) is 3.59. The van der Waals surface area contributed by atoms with Gasteiger partial charge in [0.15, 0.2) is 0 Å². The smallest absolute Gasteiger partial charge is 0.129 e. The molecule has 0 radical (unpaired) electrons. The summed E-state index contributed by atoms with van der Waals surface area (Å²) in [5.41, 5.74) is 3.03. The monoisotopic (exact) mass is 247 g/mol. The molecule has 0 aliphatic carbocycles. The van der Waals surface area contributed by atoms with Crippen LogP contribution in [0.2, 0.25) is 5.15 Å². The van der Waals surface area contributed by atoms with E-state index in [1.807, 2.05) is 31.3 Å². The van der Waals surface area contributed by atoms with E-state index in [1.165, 1.54) is 0 Å². The van der Waals surface area contributed by atoms with E-state index in [2.05, 4.69) is 22.2 Å². The van der Waals surface area contributed by atoms with Crippen molar-refractivity contribution in [1.82, 2.24) is 9.97 Å². The fourth-order valence-corrected chi connectivity index (χ4v) is 1.82. The summed E-state index contributed by atoms with van der Waals surface area (Å²) in [5, 5.41) is 3.91. The van der Waals surface area contributed by atoms with Crippen LogP contribution in [-0.2, 0) is 0 Å². The van der Waals surface area contributed by atoms with E-state index in [1.54, 1.807) is 12.3 Å². The third-order valence-electron chi connectivity index (χ3n) is 2.61. The second kappa shape index (κ2) is 5.15. The molecule has 88 valence electrons. The fraction of sp³-hybridized carbons (Fsp3) is 0.231. The molecule has 1 atom stereocenters. The molecular formula is C13H14ClN3. The van der Waals surface area contributed by atoms with Crippen LogP contribution in [0.15, 0.2) is 36.7 Å². The van der Waals surface area contributed by atoms with Gasteiger partial charge in [-0.25, -0.2) is 4.98 Å². The quantitative estimate of drug-likeness (QED) is 0.842. The van der Waals surface area contributed by atoms with Gasteiger partial charge in [-0.2, -0.15) is 0 Å². The number of nitrogens with zero attached hydrogens (tertiary/aromatic N) is 2. The molecule has 4 heteroatoms. The Morgan fingerprint density at radius 1 is 1.29 bits per heavy atom. The number of nitrogens with one attached hydrogen (secondary N) is 1. The number of halogens is 1. The number of aryl methyl sites for hydroxylation is 1. The van der Waals surface area contributed by atoms with Gasteiger partial charge in [0.25, 0.3) is 0 Å². The second-order valence-electron chi connectivity index (χ2n) is 3.92. The molecule has 2 aromatic rings. The van der Waals surface area contributed by atoms with Gasteiger partial charge in [-0.1, -0.05) is 17.7 Å². The first kappa shape index (κ1) is 11.9. The molecule has 0 aliphatic heterocycles. The van der Waals surface area contributed by atoms with E-state index in [0.29, 0.717) is 5.15 Å². The van der Waals surface area contributed by atoms with Crippen molar-refractivity contribution < 1.29 is 0 Å². The predicted molar refractivity (Wildman–Crippen MR) is 70.3 cm³/mol. The van der Waals surface area contributed by atoms with Crippen LogP contribution in [0.25, 0.3) is 0 Å². The number of anilines is 1. The van der Waals surface area contributed by atoms with Gasteiger partial charge in [0, 0.05) is 12.4 Å². The zero-order chi connectivity index (χ0) is 12.3. The van der Waals surface area contributed by atoms with Crippen LogP contribution < -0.4 is 5.32 Å². The third kappa shape index (κ3) is 2.94. The maximum atomic E-state index is 5.82. The van der Waals surface area contributed by atoms with Gasteiger partial charge in [-0.05, 0) is 37.6 Å². The lowest BCUT2D eigenvalue weighted by molar-refractivity contribution is 0.870. The normalized spacial score (nSPS) is 12.2. The number of hydrogen-bond acceptors (Lipinski definition) is 3. The van der Waals surface area contributed by atoms with Gasteiger partial charge in [0.1, 0.15) is 5.15 Å². The molecule has 0 saturated carbocycles. The first-order chi connectivity index (χ1) is 8.16. The molecule has 0 fully saturated rings. The summed E-state index contributed by atoms with van der Waals surface area (Å²) >= 11 is 5.82. The first-order valence-corrected chi connectivity index (χ1v) is 5.84. The summed E-state index contributed by atoms with van der Waals surface area (Å²) in [6, 6.07) is 7.89. The Balaban J connectivity index is 2.16. The molecule has 0 spiro atoms. The summed E-state index contributed by atoms with van der Waals surface area (Å²) in [6.07, 6.45) is 3.63. The lowest BCUT2D eigenvalue weighted by Crippen LogP contribution is -2.08. The highest BCUT2D eigenvalue weighted by molar-refractivity contribution is 6.29. The highest BCUT2D eigenvalue weighted by atomic mass is 35.5. The topological polar surface area (TPSA) is 37.8 Å². The van der Waals surface area contributed by atoms with Crippen LogP contribution in [0.5, 0.6) is 0 Å². The molecule has 1 N–H and O–H groups in total. The molecule has 0 saturated heterocycles. The van der Waals surface area contributed by atoms with Crippen LogP contribution in [0.1, 0.15) is 24.2 Å². The number of hydrogen-bond donors (Lipinski definition) is 1. The Bertz CT molecular complexity index is 499. The molecule has 17 heavy (non-hydrogen) atoms. The summed E-state index contributed by atoms with van der Waals surface area (Å²) in [7, 11) is 0. The molecular weight excluding hydrogens is 234 g/mol. The van der Waals surface area contributed by atoms with Gasteiger partial charge >= 0.3 is 0 Å². The number of pyridine rings is 2. The van der Waals surface area contributed by atoms with Crippen LogP contribution in [0.3, 0.4) is 0 Å². The summed E-state index contributed by atoms with van der Waals surface area (Å²) in [4.78, 5) is 8.31. The molecule has 0 aliphatic rings. The summed E-state index contributed by atoms with van der Waals surface area (Å²) in [5.74, 6) is 0. The molecule has 3 nitrogen and oxygen atoms in total. The summed E-state index contributed by atoms with van der Waals surface area (Å²) in [6.45, 7) is 4.02. The Morgan fingerprint density at radius 2 is 2.12 bits per heavy atom. The lowest BCUT2D eigenvalue weighted by atomic mass is 10.1. The zero-order valence-corrected chi connectivity index (χ0v) is 10.6. The molecule has 0 amide bonds. The molecule has 2 aromatic heterocycles. The van der Waals surface area contributed by atoms with Gasteiger partial charge in [-0.15, -0.1) is 0 Å². The Labute approximate surface area is 106 Å². The second-order valence-corrected chi connectivity index (χ2v) is 4.31. The molecule has 1 unspecified atom stereocenters. The van der Waals surface area contributed by atoms with Crippen molar-refractivity contribution in [2.75, 3.05) is 5.32 Å². The minimum absolute atomic E-state index is 0.186. The zero-order valence-electron chi connectivity index (χ0n) is 9.81. The minimum Gasteiger partial charge on any atom is -0.377 e. The molecule has 0 bridgehead atoms. The molecule has 2 rings (SSSR count). The van der Waals surface area contributed by atoms with Gasteiger partial charge in [0.2, 0.25) is 0 Å².